The van der Waals surface area contributed by atoms with Crippen molar-refractivity contribution in [2.75, 3.05) is 25.1 Å². The van der Waals surface area contributed by atoms with Gasteiger partial charge in [0.1, 0.15) is 17.9 Å². The molecule has 1 fully saturated rings. The summed E-state index contributed by atoms with van der Waals surface area (Å²) in [6.45, 7) is 4.08. The quantitative estimate of drug-likeness (QED) is 0.110. The Labute approximate surface area is 254 Å². The molecule has 44 heavy (non-hydrogen) atoms. The Morgan fingerprint density at radius 1 is 1.18 bits per heavy atom. The van der Waals surface area contributed by atoms with Crippen LogP contribution in [0.1, 0.15) is 63.5 Å². The molecule has 0 amide bonds. The molecule has 0 radical (unpaired) electrons. The van der Waals surface area contributed by atoms with E-state index >= 15 is 0 Å². The highest BCUT2D eigenvalue weighted by atomic mass is 35.5. The Balaban J connectivity index is 0.000000285. The maximum Gasteiger partial charge on any atom is 0.416 e. The van der Waals surface area contributed by atoms with Crippen molar-refractivity contribution in [2.24, 2.45) is 10.9 Å². The van der Waals surface area contributed by atoms with Gasteiger partial charge in [0, 0.05) is 76.4 Å². The van der Waals surface area contributed by atoms with Crippen LogP contribution in [0.4, 0.5) is 42.1 Å². The predicted molar refractivity (Wildman–Crippen MR) is 157 cm³/mol. The number of aliphatic imine (C=N–C) groups is 1. The Morgan fingerprint density at radius 3 is 2.43 bits per heavy atom. The van der Waals surface area contributed by atoms with Gasteiger partial charge in [0.15, 0.2) is 0 Å². The van der Waals surface area contributed by atoms with Gasteiger partial charge >= 0.3 is 6.18 Å². The first-order valence-corrected chi connectivity index (χ1v) is 13.7. The molecule has 1 heterocycles. The number of halogens is 8. The van der Waals surface area contributed by atoms with Crippen LogP contribution >= 0.6 is 11.6 Å². The molecule has 1 saturated carbocycles. The van der Waals surface area contributed by atoms with Gasteiger partial charge in [-0.15, -0.1) is 0 Å². The van der Waals surface area contributed by atoms with Gasteiger partial charge in [-0.05, 0) is 55.3 Å². The molecule has 5 rings (SSSR count). The highest BCUT2D eigenvalue weighted by molar-refractivity contribution is 6.31. The molecule has 1 aliphatic heterocycles. The number of aldehydes is 1. The molecule has 5 nitrogen and oxygen atoms in total. The van der Waals surface area contributed by atoms with E-state index in [1.54, 1.807) is 14.1 Å². The number of benzene rings is 3. The van der Waals surface area contributed by atoms with Crippen molar-refractivity contribution in [3.05, 3.63) is 99.1 Å². The van der Waals surface area contributed by atoms with Gasteiger partial charge in [-0.1, -0.05) is 18.2 Å². The summed E-state index contributed by atoms with van der Waals surface area (Å²) in [7, 11) is 3.34. The fourth-order valence-corrected chi connectivity index (χ4v) is 5.52. The predicted octanol–water partition coefficient (Wildman–Crippen LogP) is 8.28. The van der Waals surface area contributed by atoms with Crippen molar-refractivity contribution in [1.29, 1.82) is 0 Å². The number of nitrogens with one attached hydrogen (secondary N) is 2. The van der Waals surface area contributed by atoms with Gasteiger partial charge in [-0.2, -0.15) is 13.2 Å². The minimum atomic E-state index is -4.63. The van der Waals surface area contributed by atoms with E-state index in [1.807, 2.05) is 6.07 Å². The van der Waals surface area contributed by atoms with Crippen molar-refractivity contribution < 1.29 is 35.5 Å². The number of anilines is 2. The summed E-state index contributed by atoms with van der Waals surface area (Å²) in [5, 5.41) is 6.81. The van der Waals surface area contributed by atoms with Gasteiger partial charge in [0.2, 0.25) is 0 Å². The van der Waals surface area contributed by atoms with Gasteiger partial charge in [-0.25, -0.2) is 17.6 Å². The highest BCUT2D eigenvalue weighted by Gasteiger charge is 2.48. The average Bonchev–Trinajstić information content (AvgIpc) is 3.31. The molecule has 0 bridgehead atoms. The van der Waals surface area contributed by atoms with Crippen molar-refractivity contribution >= 4 is 40.7 Å². The van der Waals surface area contributed by atoms with Gasteiger partial charge in [0.05, 0.1) is 17.3 Å². The average molecular weight is 641 g/mol. The summed E-state index contributed by atoms with van der Waals surface area (Å²) in [5.41, 5.74) is 9.86. The summed E-state index contributed by atoms with van der Waals surface area (Å²) in [4.78, 5) is 14.4. The topological polar surface area (TPSA) is 79.5 Å². The molecule has 2 aliphatic rings. The molecule has 0 aromatic heterocycles. The second kappa shape index (κ2) is 12.5. The third kappa shape index (κ3) is 6.54. The number of nitrogen functional groups attached to an aromatic ring is 1. The van der Waals surface area contributed by atoms with E-state index in [0.29, 0.717) is 57.4 Å². The zero-order valence-corrected chi connectivity index (χ0v) is 24.3. The number of alkyl halides is 5. The van der Waals surface area contributed by atoms with Gasteiger partial charge in [-0.3, -0.25) is 9.79 Å². The van der Waals surface area contributed by atoms with E-state index in [9.17, 15) is 35.5 Å². The van der Waals surface area contributed by atoms with E-state index in [-0.39, 0.29) is 24.7 Å². The number of rotatable bonds is 6. The third-order valence-electron chi connectivity index (χ3n) is 7.68. The van der Waals surface area contributed by atoms with E-state index in [1.165, 1.54) is 18.2 Å². The Hall–Kier alpha value is -4.06. The zero-order valence-electron chi connectivity index (χ0n) is 23.6. The van der Waals surface area contributed by atoms with Crippen LogP contribution in [0.5, 0.6) is 0 Å². The van der Waals surface area contributed by atoms with E-state index < -0.39 is 41.3 Å². The van der Waals surface area contributed by atoms with E-state index in [2.05, 4.69) is 22.2 Å². The fraction of sp³-hybridized carbons (Fsp3) is 0.290. The molecule has 2 atom stereocenters. The number of fused-ring (bicyclic) bond motifs is 1. The molecule has 13 heteroatoms. The van der Waals surface area contributed by atoms with Crippen LogP contribution in [0.2, 0.25) is 5.02 Å². The molecule has 1 aliphatic carbocycles. The monoisotopic (exact) mass is 640 g/mol. The molecule has 0 saturated heterocycles. The molecule has 3 aromatic carbocycles. The van der Waals surface area contributed by atoms with Crippen molar-refractivity contribution in [3.63, 3.8) is 0 Å². The SMILES string of the molecule is C=C1NC(c2cc(F)ccc2Cl)c2c(NC)cc(C(CC3CCC3(F)F)=NC)c(N)c21.O=Cc1cc(F)cc(C(F)(F)F)c1. The minimum Gasteiger partial charge on any atom is -0.398 e. The molecule has 4 N–H and O–H groups in total. The van der Waals surface area contributed by atoms with Crippen LogP contribution in [-0.4, -0.2) is 32.0 Å². The zero-order chi connectivity index (χ0) is 32.6. The number of carbonyl (C=O) groups is 1. The second-order valence-electron chi connectivity index (χ2n) is 10.4. The summed E-state index contributed by atoms with van der Waals surface area (Å²) in [6.07, 6.45) is -3.94. The van der Waals surface area contributed by atoms with Crippen LogP contribution < -0.4 is 16.4 Å². The fourth-order valence-electron chi connectivity index (χ4n) is 5.29. The first-order chi connectivity index (χ1) is 20.6. The van der Waals surface area contributed by atoms with Gasteiger partial charge in [0.25, 0.3) is 5.92 Å². The first-order valence-electron chi connectivity index (χ1n) is 13.3. The summed E-state index contributed by atoms with van der Waals surface area (Å²) < 4.78 is 90.2. The Kier molecular flexibility index (Phi) is 9.34. The lowest BCUT2D eigenvalue weighted by Crippen LogP contribution is -2.40. The van der Waals surface area contributed by atoms with Crippen LogP contribution in [0, 0.1) is 17.6 Å². The maximum absolute atomic E-state index is 13.9. The lowest BCUT2D eigenvalue weighted by atomic mass is 9.76. The number of nitrogens with two attached hydrogens (primary N) is 1. The van der Waals surface area contributed by atoms with Crippen LogP contribution in [0.3, 0.4) is 0 Å². The number of hydrogen-bond acceptors (Lipinski definition) is 5. The lowest BCUT2D eigenvalue weighted by molar-refractivity contribution is -0.137. The smallest absolute Gasteiger partial charge is 0.398 e. The Bertz CT molecular complexity index is 1640. The first kappa shape index (κ1) is 32.8. The number of hydrogen-bond donors (Lipinski definition) is 3. The second-order valence-corrected chi connectivity index (χ2v) is 10.8. The lowest BCUT2D eigenvalue weighted by Gasteiger charge is -2.36. The third-order valence-corrected chi connectivity index (χ3v) is 8.03. The number of nitrogens with zero attached hydrogens (tertiary/aromatic N) is 1. The maximum atomic E-state index is 13.9. The molecular weight excluding hydrogens is 613 g/mol. The van der Waals surface area contributed by atoms with Crippen LogP contribution in [-0.2, 0) is 6.18 Å². The van der Waals surface area contributed by atoms with Crippen LogP contribution in [0.15, 0.2) is 54.0 Å². The van der Waals surface area contributed by atoms with Crippen molar-refractivity contribution in [2.45, 2.75) is 37.4 Å². The number of carbonyl (C=O) groups excluding carboxylic acids is 1. The largest absolute Gasteiger partial charge is 0.416 e. The van der Waals surface area contributed by atoms with Crippen LogP contribution in [0.25, 0.3) is 5.70 Å². The minimum absolute atomic E-state index is 0.0904. The molecule has 234 valence electrons. The standard InChI is InChI=1S/C23H24ClF3N4.C8H4F4O/c1-11-19-20(22(31-11)14-9-13(25)4-5-16(14)24)18(30-3)10-15(21(19)28)17(29-2)8-12-6-7-23(12,26)27;9-7-2-5(4-13)1-6(3-7)8(10,11)12/h4-5,9-10,12,22,30-31H,1,6-8,28H2,2-3H3;1-4H. The van der Waals surface area contributed by atoms with E-state index in [0.717, 1.165) is 17.3 Å². The highest BCUT2D eigenvalue weighted by Crippen LogP contribution is 2.49. The summed E-state index contributed by atoms with van der Waals surface area (Å²) in [5.74, 6) is -4.89. The van der Waals surface area contributed by atoms with Gasteiger partial charge < -0.3 is 16.4 Å². The normalized spacial score (nSPS) is 18.9. The summed E-state index contributed by atoms with van der Waals surface area (Å²) >= 11 is 6.36. The molecule has 2 unspecified atom stereocenters. The summed E-state index contributed by atoms with van der Waals surface area (Å²) in [6, 6.07) is 7.21. The van der Waals surface area contributed by atoms with E-state index in [4.69, 9.17) is 17.3 Å². The Morgan fingerprint density at radius 2 is 1.89 bits per heavy atom. The van der Waals surface area contributed by atoms with Crippen molar-refractivity contribution in [3.8, 4) is 0 Å². The molecule has 0 spiro atoms. The molecular formula is C31H28ClF7N4O. The molecule has 3 aromatic rings. The van der Waals surface area contributed by atoms with Crippen molar-refractivity contribution in [1.82, 2.24) is 5.32 Å².